The molecule has 0 spiro atoms. The minimum absolute atomic E-state index is 0.176. The lowest BCUT2D eigenvalue weighted by atomic mass is 9.87. The second-order valence-corrected chi connectivity index (χ2v) is 6.06. The van der Waals surface area contributed by atoms with E-state index in [1.807, 2.05) is 0 Å². The Morgan fingerprint density at radius 1 is 1.28 bits per heavy atom. The standard InChI is InChI=1S/C15H28O3/c1-2-3-4-5-11(16)6-7-12-13-8-9-18-15(13)10-14(12)17/h11-17H,2-10H2,1H3/t11?,12?,13-,14-,15+/m1/s1. The molecule has 106 valence electrons. The van der Waals surface area contributed by atoms with Gasteiger partial charge in [-0.25, -0.2) is 0 Å². The number of unbranched alkanes of at least 4 members (excludes halogenated alkanes) is 2. The van der Waals surface area contributed by atoms with Gasteiger partial charge in [-0.15, -0.1) is 0 Å². The molecule has 1 heterocycles. The van der Waals surface area contributed by atoms with Gasteiger partial charge in [0.15, 0.2) is 0 Å². The van der Waals surface area contributed by atoms with Crippen LogP contribution in [-0.2, 0) is 4.74 Å². The second kappa shape index (κ2) is 6.88. The average Bonchev–Trinajstić information content (AvgIpc) is 2.88. The molecule has 2 rings (SSSR count). The Balaban J connectivity index is 1.69. The van der Waals surface area contributed by atoms with Crippen LogP contribution < -0.4 is 0 Å². The van der Waals surface area contributed by atoms with Crippen LogP contribution >= 0.6 is 0 Å². The summed E-state index contributed by atoms with van der Waals surface area (Å²) < 4.78 is 5.64. The van der Waals surface area contributed by atoms with Crippen LogP contribution in [0.15, 0.2) is 0 Å². The minimum Gasteiger partial charge on any atom is -0.393 e. The largest absolute Gasteiger partial charge is 0.393 e. The van der Waals surface area contributed by atoms with E-state index in [2.05, 4.69) is 6.92 Å². The van der Waals surface area contributed by atoms with Crippen LogP contribution in [0.5, 0.6) is 0 Å². The van der Waals surface area contributed by atoms with Crippen LogP contribution in [0.1, 0.15) is 58.3 Å². The van der Waals surface area contributed by atoms with Crippen molar-refractivity contribution in [3.8, 4) is 0 Å². The fourth-order valence-corrected chi connectivity index (χ4v) is 3.66. The van der Waals surface area contributed by atoms with Crippen molar-refractivity contribution in [1.82, 2.24) is 0 Å². The summed E-state index contributed by atoms with van der Waals surface area (Å²) in [6, 6.07) is 0. The number of fused-ring (bicyclic) bond motifs is 1. The van der Waals surface area contributed by atoms with Crippen molar-refractivity contribution >= 4 is 0 Å². The fourth-order valence-electron chi connectivity index (χ4n) is 3.66. The van der Waals surface area contributed by atoms with Crippen molar-refractivity contribution in [2.45, 2.75) is 76.6 Å². The van der Waals surface area contributed by atoms with Crippen molar-refractivity contribution in [2.24, 2.45) is 11.8 Å². The topological polar surface area (TPSA) is 49.7 Å². The molecule has 1 aliphatic carbocycles. The molecule has 18 heavy (non-hydrogen) atoms. The van der Waals surface area contributed by atoms with E-state index in [9.17, 15) is 10.2 Å². The minimum atomic E-state index is -0.205. The number of ether oxygens (including phenoxy) is 1. The van der Waals surface area contributed by atoms with Crippen molar-refractivity contribution < 1.29 is 14.9 Å². The zero-order valence-electron chi connectivity index (χ0n) is 11.6. The number of rotatable bonds is 7. The van der Waals surface area contributed by atoms with E-state index in [4.69, 9.17) is 4.74 Å². The highest BCUT2D eigenvalue weighted by Gasteiger charge is 2.45. The van der Waals surface area contributed by atoms with E-state index in [-0.39, 0.29) is 12.2 Å². The highest BCUT2D eigenvalue weighted by molar-refractivity contribution is 4.94. The number of aliphatic hydroxyl groups is 2. The Bertz CT molecular complexity index is 244. The van der Waals surface area contributed by atoms with Crippen LogP contribution in [0.4, 0.5) is 0 Å². The zero-order chi connectivity index (χ0) is 13.0. The molecule has 2 N–H and O–H groups in total. The lowest BCUT2D eigenvalue weighted by molar-refractivity contribution is 0.0734. The molecule has 2 unspecified atom stereocenters. The molecular weight excluding hydrogens is 228 g/mol. The van der Waals surface area contributed by atoms with Crippen LogP contribution in [0.2, 0.25) is 0 Å². The third kappa shape index (κ3) is 3.46. The van der Waals surface area contributed by atoms with Crippen LogP contribution in [-0.4, -0.2) is 35.1 Å². The molecule has 3 nitrogen and oxygen atoms in total. The Hall–Kier alpha value is -0.120. The molecule has 3 heteroatoms. The molecule has 0 aromatic rings. The summed E-state index contributed by atoms with van der Waals surface area (Å²) >= 11 is 0. The maximum absolute atomic E-state index is 10.1. The van der Waals surface area contributed by atoms with Gasteiger partial charge in [0.2, 0.25) is 0 Å². The second-order valence-electron chi connectivity index (χ2n) is 6.06. The molecule has 0 aromatic heterocycles. The molecular formula is C15H28O3. The first-order valence-electron chi connectivity index (χ1n) is 7.70. The summed E-state index contributed by atoms with van der Waals surface area (Å²) in [5.74, 6) is 0.904. The van der Waals surface area contributed by atoms with E-state index in [0.29, 0.717) is 17.9 Å². The molecule has 0 aromatic carbocycles. The summed E-state index contributed by atoms with van der Waals surface area (Å²) in [5.41, 5.74) is 0. The Kier molecular flexibility index (Phi) is 5.46. The summed E-state index contributed by atoms with van der Waals surface area (Å²) in [6.07, 6.45) is 8.07. The predicted octanol–water partition coefficient (Wildman–Crippen LogP) is 2.49. The first-order valence-corrected chi connectivity index (χ1v) is 7.70. The first kappa shape index (κ1) is 14.3. The molecule has 0 bridgehead atoms. The zero-order valence-corrected chi connectivity index (χ0v) is 11.6. The fraction of sp³-hybridized carbons (Fsp3) is 1.00. The maximum Gasteiger partial charge on any atom is 0.0632 e. The molecule has 2 aliphatic rings. The van der Waals surface area contributed by atoms with Gasteiger partial charge in [0.05, 0.1) is 18.3 Å². The normalized spacial score (nSPS) is 36.8. The van der Waals surface area contributed by atoms with Crippen molar-refractivity contribution in [3.05, 3.63) is 0 Å². The van der Waals surface area contributed by atoms with Gasteiger partial charge in [-0.2, -0.15) is 0 Å². The quantitative estimate of drug-likeness (QED) is 0.688. The number of aliphatic hydroxyl groups excluding tert-OH is 2. The van der Waals surface area contributed by atoms with E-state index in [0.717, 1.165) is 45.1 Å². The highest BCUT2D eigenvalue weighted by Crippen LogP contribution is 2.43. The average molecular weight is 256 g/mol. The number of hydrogen-bond acceptors (Lipinski definition) is 3. The van der Waals surface area contributed by atoms with E-state index >= 15 is 0 Å². The van der Waals surface area contributed by atoms with Crippen molar-refractivity contribution in [1.29, 1.82) is 0 Å². The van der Waals surface area contributed by atoms with Crippen LogP contribution in [0.3, 0.4) is 0 Å². The molecule has 5 atom stereocenters. The van der Waals surface area contributed by atoms with E-state index in [1.54, 1.807) is 0 Å². The van der Waals surface area contributed by atoms with E-state index < -0.39 is 0 Å². The molecule has 0 amide bonds. The number of hydrogen-bond donors (Lipinski definition) is 2. The smallest absolute Gasteiger partial charge is 0.0632 e. The van der Waals surface area contributed by atoms with Gasteiger partial charge in [-0.3, -0.25) is 0 Å². The van der Waals surface area contributed by atoms with Crippen LogP contribution in [0, 0.1) is 11.8 Å². The van der Waals surface area contributed by atoms with Gasteiger partial charge >= 0.3 is 0 Å². The maximum atomic E-state index is 10.1. The Morgan fingerprint density at radius 3 is 2.89 bits per heavy atom. The van der Waals surface area contributed by atoms with Gasteiger partial charge in [0.1, 0.15) is 0 Å². The first-order chi connectivity index (χ1) is 8.72. The summed E-state index contributed by atoms with van der Waals surface area (Å²) in [5, 5.41) is 20.0. The third-order valence-electron chi connectivity index (χ3n) is 4.75. The molecule has 1 aliphatic heterocycles. The van der Waals surface area contributed by atoms with Gasteiger partial charge in [0, 0.05) is 13.0 Å². The molecule has 2 fully saturated rings. The van der Waals surface area contributed by atoms with E-state index in [1.165, 1.54) is 12.8 Å². The summed E-state index contributed by atoms with van der Waals surface area (Å²) in [6.45, 7) is 3.04. The molecule has 0 radical (unpaired) electrons. The summed E-state index contributed by atoms with van der Waals surface area (Å²) in [7, 11) is 0. The molecule has 1 saturated carbocycles. The summed E-state index contributed by atoms with van der Waals surface area (Å²) in [4.78, 5) is 0. The van der Waals surface area contributed by atoms with Gasteiger partial charge in [-0.1, -0.05) is 26.2 Å². The lowest BCUT2D eigenvalue weighted by Crippen LogP contribution is -2.21. The van der Waals surface area contributed by atoms with Crippen molar-refractivity contribution in [2.75, 3.05) is 6.61 Å². The van der Waals surface area contributed by atoms with Gasteiger partial charge < -0.3 is 14.9 Å². The van der Waals surface area contributed by atoms with Crippen molar-refractivity contribution in [3.63, 3.8) is 0 Å². The third-order valence-corrected chi connectivity index (χ3v) is 4.75. The predicted molar refractivity (Wildman–Crippen MR) is 71.3 cm³/mol. The Morgan fingerprint density at radius 2 is 2.11 bits per heavy atom. The monoisotopic (exact) mass is 256 g/mol. The Labute approximate surface area is 111 Å². The SMILES string of the molecule is CCCCCC(O)CCC1[C@H](O)C[C@@H]2OCC[C@H]12. The van der Waals surface area contributed by atoms with Gasteiger partial charge in [0.25, 0.3) is 0 Å². The molecule has 1 saturated heterocycles. The lowest BCUT2D eigenvalue weighted by Gasteiger charge is -2.21. The highest BCUT2D eigenvalue weighted by atomic mass is 16.5. The van der Waals surface area contributed by atoms with Crippen LogP contribution in [0.25, 0.3) is 0 Å². The van der Waals surface area contributed by atoms with Gasteiger partial charge in [-0.05, 0) is 37.5 Å².